The first-order valence-electron chi connectivity index (χ1n) is 8.06. The summed E-state index contributed by atoms with van der Waals surface area (Å²) in [6, 6.07) is 9.83. The van der Waals surface area contributed by atoms with Crippen LogP contribution in [0.2, 0.25) is 0 Å². The SMILES string of the molecule is CN/N=C(\C)c1nc(C)cs1.O=Cc1cc2c(s1)-c1ccccc1OC2. The molecule has 3 heterocycles. The quantitative estimate of drug-likeness (QED) is 0.409. The van der Waals surface area contributed by atoms with Gasteiger partial charge in [-0.15, -0.1) is 22.7 Å². The lowest BCUT2D eigenvalue weighted by molar-refractivity contribution is 0.112. The number of aromatic nitrogens is 1. The number of rotatable bonds is 3. The van der Waals surface area contributed by atoms with E-state index >= 15 is 0 Å². The number of aryl methyl sites for hydroxylation is 1. The van der Waals surface area contributed by atoms with Crippen LogP contribution >= 0.6 is 22.7 Å². The summed E-state index contributed by atoms with van der Waals surface area (Å²) in [7, 11) is 1.78. The summed E-state index contributed by atoms with van der Waals surface area (Å²) in [6.45, 7) is 4.48. The minimum Gasteiger partial charge on any atom is -0.488 e. The Labute approximate surface area is 160 Å². The van der Waals surface area contributed by atoms with E-state index in [0.29, 0.717) is 6.61 Å². The molecule has 5 nitrogen and oxygen atoms in total. The lowest BCUT2D eigenvalue weighted by Crippen LogP contribution is -2.02. The number of hydrazone groups is 1. The molecular weight excluding hydrogens is 366 g/mol. The zero-order chi connectivity index (χ0) is 18.5. The van der Waals surface area contributed by atoms with Crippen LogP contribution in [0.25, 0.3) is 10.4 Å². The summed E-state index contributed by atoms with van der Waals surface area (Å²) in [5.74, 6) is 0.907. The molecule has 0 bridgehead atoms. The first-order valence-corrected chi connectivity index (χ1v) is 9.75. The second-order valence-electron chi connectivity index (χ2n) is 5.62. The lowest BCUT2D eigenvalue weighted by Gasteiger charge is -2.16. The van der Waals surface area contributed by atoms with E-state index < -0.39 is 0 Å². The maximum atomic E-state index is 10.7. The number of ether oxygens (including phenoxy) is 1. The van der Waals surface area contributed by atoms with Gasteiger partial charge >= 0.3 is 0 Å². The number of aldehydes is 1. The van der Waals surface area contributed by atoms with E-state index in [1.165, 1.54) is 16.2 Å². The van der Waals surface area contributed by atoms with Crippen LogP contribution in [-0.2, 0) is 6.61 Å². The van der Waals surface area contributed by atoms with Crippen molar-refractivity contribution >= 4 is 34.7 Å². The van der Waals surface area contributed by atoms with Crippen molar-refractivity contribution in [1.29, 1.82) is 0 Å². The predicted molar refractivity (Wildman–Crippen MR) is 108 cm³/mol. The van der Waals surface area contributed by atoms with Gasteiger partial charge in [0.1, 0.15) is 17.4 Å². The van der Waals surface area contributed by atoms with Crippen molar-refractivity contribution in [2.75, 3.05) is 7.05 Å². The van der Waals surface area contributed by atoms with Crippen LogP contribution < -0.4 is 10.2 Å². The number of hydrogen-bond acceptors (Lipinski definition) is 7. The number of carbonyl (C=O) groups excluding carboxylic acids is 1. The van der Waals surface area contributed by atoms with Crippen LogP contribution in [0.3, 0.4) is 0 Å². The number of carbonyl (C=O) groups is 1. The van der Waals surface area contributed by atoms with Gasteiger partial charge in [0.05, 0.1) is 10.6 Å². The zero-order valence-corrected chi connectivity index (χ0v) is 16.4. The highest BCUT2D eigenvalue weighted by atomic mass is 32.1. The highest BCUT2D eigenvalue weighted by Crippen LogP contribution is 2.41. The highest BCUT2D eigenvalue weighted by Gasteiger charge is 2.19. The lowest BCUT2D eigenvalue weighted by atomic mass is 10.1. The topological polar surface area (TPSA) is 63.6 Å². The molecule has 1 aliphatic heterocycles. The number of thiazole rings is 1. The van der Waals surface area contributed by atoms with E-state index in [2.05, 4.69) is 15.5 Å². The molecule has 1 aromatic carbocycles. The molecule has 0 aliphatic carbocycles. The largest absolute Gasteiger partial charge is 0.488 e. The van der Waals surface area contributed by atoms with Gasteiger partial charge in [-0.3, -0.25) is 4.79 Å². The Balaban J connectivity index is 0.000000160. The molecule has 0 atom stereocenters. The van der Waals surface area contributed by atoms with E-state index in [0.717, 1.165) is 44.5 Å². The van der Waals surface area contributed by atoms with Gasteiger partial charge in [0, 0.05) is 34.1 Å². The Morgan fingerprint density at radius 1 is 1.38 bits per heavy atom. The molecule has 134 valence electrons. The van der Waals surface area contributed by atoms with Crippen LogP contribution in [-0.4, -0.2) is 24.0 Å². The van der Waals surface area contributed by atoms with Crippen molar-refractivity contribution in [3.05, 3.63) is 56.9 Å². The van der Waals surface area contributed by atoms with Crippen LogP contribution in [0.5, 0.6) is 5.75 Å². The van der Waals surface area contributed by atoms with E-state index in [4.69, 9.17) is 4.74 Å². The van der Waals surface area contributed by atoms with Crippen molar-refractivity contribution in [1.82, 2.24) is 10.4 Å². The van der Waals surface area contributed by atoms with Gasteiger partial charge < -0.3 is 10.2 Å². The fourth-order valence-corrected chi connectivity index (χ4v) is 4.27. The van der Waals surface area contributed by atoms with Crippen molar-refractivity contribution in [2.45, 2.75) is 20.5 Å². The fourth-order valence-electron chi connectivity index (χ4n) is 2.51. The number of para-hydroxylation sites is 1. The predicted octanol–water partition coefficient (Wildman–Crippen LogP) is 4.51. The van der Waals surface area contributed by atoms with E-state index in [-0.39, 0.29) is 0 Å². The molecule has 1 aliphatic rings. The van der Waals surface area contributed by atoms with Crippen LogP contribution in [0.15, 0.2) is 40.8 Å². The summed E-state index contributed by atoms with van der Waals surface area (Å²) < 4.78 is 5.60. The van der Waals surface area contributed by atoms with Gasteiger partial charge in [-0.1, -0.05) is 12.1 Å². The Kier molecular flexibility index (Phi) is 5.80. The van der Waals surface area contributed by atoms with Crippen molar-refractivity contribution in [3.8, 4) is 16.2 Å². The second kappa shape index (κ2) is 8.25. The Bertz CT molecular complexity index is 944. The number of benzene rings is 1. The average Bonchev–Trinajstić information content (AvgIpc) is 3.28. The van der Waals surface area contributed by atoms with Crippen LogP contribution in [0, 0.1) is 6.92 Å². The number of nitrogens with one attached hydrogen (secondary N) is 1. The van der Waals surface area contributed by atoms with Crippen LogP contribution in [0.1, 0.15) is 32.9 Å². The van der Waals surface area contributed by atoms with Crippen molar-refractivity contribution in [2.24, 2.45) is 5.10 Å². The molecule has 0 amide bonds. The third kappa shape index (κ3) is 4.00. The first-order chi connectivity index (χ1) is 12.6. The van der Waals surface area contributed by atoms with Gasteiger partial charge in [0.25, 0.3) is 0 Å². The maximum Gasteiger partial charge on any atom is 0.160 e. The van der Waals surface area contributed by atoms with Gasteiger partial charge in [-0.25, -0.2) is 4.98 Å². The summed E-state index contributed by atoms with van der Waals surface area (Å²) >= 11 is 3.15. The minimum absolute atomic E-state index is 0.566. The molecule has 2 aromatic heterocycles. The molecule has 0 saturated carbocycles. The third-order valence-electron chi connectivity index (χ3n) is 3.67. The third-order valence-corrected chi connectivity index (χ3v) is 5.87. The molecule has 26 heavy (non-hydrogen) atoms. The normalized spacial score (nSPS) is 12.2. The standard InChI is InChI=1S/C12H8O2S.C7H11N3S/c13-6-9-5-8-7-14-11-4-2-1-3-10(11)12(8)15-9;1-5-4-11-7(9-5)6(2)10-8-3/h1-6H,7H2;4,8H,1-3H3/b;10-6+. The number of nitrogens with zero attached hydrogens (tertiary/aromatic N) is 2. The van der Waals surface area contributed by atoms with Gasteiger partial charge in [-0.2, -0.15) is 5.10 Å². The Morgan fingerprint density at radius 3 is 2.88 bits per heavy atom. The Morgan fingerprint density at radius 2 is 2.19 bits per heavy atom. The fraction of sp³-hybridized carbons (Fsp3) is 0.211. The van der Waals surface area contributed by atoms with Crippen molar-refractivity contribution < 1.29 is 9.53 Å². The number of fused-ring (bicyclic) bond motifs is 3. The van der Waals surface area contributed by atoms with E-state index in [9.17, 15) is 4.79 Å². The van der Waals surface area contributed by atoms with Crippen LogP contribution in [0.4, 0.5) is 0 Å². The molecule has 3 aromatic rings. The summed E-state index contributed by atoms with van der Waals surface area (Å²) in [4.78, 5) is 16.9. The molecule has 0 saturated heterocycles. The number of hydrogen-bond donors (Lipinski definition) is 1. The molecule has 0 unspecified atom stereocenters. The molecule has 4 rings (SSSR count). The molecule has 7 heteroatoms. The molecule has 0 fully saturated rings. The van der Waals surface area contributed by atoms with E-state index in [1.807, 2.05) is 49.6 Å². The minimum atomic E-state index is 0.566. The molecule has 0 radical (unpaired) electrons. The summed E-state index contributed by atoms with van der Waals surface area (Å²) in [6.07, 6.45) is 0.894. The van der Waals surface area contributed by atoms with Gasteiger partial charge in [0.2, 0.25) is 0 Å². The monoisotopic (exact) mass is 385 g/mol. The Hall–Kier alpha value is -2.51. The summed E-state index contributed by atoms with van der Waals surface area (Å²) in [5, 5.41) is 7.02. The molecule has 0 spiro atoms. The van der Waals surface area contributed by atoms with Crippen molar-refractivity contribution in [3.63, 3.8) is 0 Å². The number of thiophene rings is 1. The van der Waals surface area contributed by atoms with E-state index in [1.54, 1.807) is 18.4 Å². The van der Waals surface area contributed by atoms with Gasteiger partial charge in [-0.05, 0) is 32.0 Å². The maximum absolute atomic E-state index is 10.7. The zero-order valence-electron chi connectivity index (χ0n) is 14.8. The highest BCUT2D eigenvalue weighted by molar-refractivity contribution is 7.17. The molecule has 1 N–H and O–H groups in total. The summed E-state index contributed by atoms with van der Waals surface area (Å²) in [5.41, 5.74) is 6.92. The first kappa shape index (κ1) is 18.3. The smallest absolute Gasteiger partial charge is 0.160 e. The second-order valence-corrected chi connectivity index (χ2v) is 7.56. The molecular formula is C19H19N3O2S2. The average molecular weight is 386 g/mol. The van der Waals surface area contributed by atoms with Gasteiger partial charge in [0.15, 0.2) is 6.29 Å².